The van der Waals surface area contributed by atoms with Gasteiger partial charge in [0.2, 0.25) is 23.6 Å². The maximum atomic E-state index is 13.3. The topological polar surface area (TPSA) is 177 Å². The van der Waals surface area contributed by atoms with Gasteiger partial charge < -0.3 is 32.5 Å². The summed E-state index contributed by atoms with van der Waals surface area (Å²) in [5.41, 5.74) is 13.2. The number of aromatic hydroxyl groups is 1. The van der Waals surface area contributed by atoms with Gasteiger partial charge in [-0.3, -0.25) is 19.2 Å². The van der Waals surface area contributed by atoms with E-state index in [4.69, 9.17) is 11.5 Å². The third kappa shape index (κ3) is 9.26. The van der Waals surface area contributed by atoms with Crippen LogP contribution in [0.1, 0.15) is 11.1 Å². The van der Waals surface area contributed by atoms with Crippen LogP contribution in [0.25, 0.3) is 0 Å². The standard InChI is InChI=1S/C26H33N5O5S2/c27-19(12-17-6-8-18(32)9-7-17)24(34)31-22-15-38-11-10-37-14-21(23(28)33)30-25(35)20(29-26(22)36)13-16-4-2-1-3-5-16/h1-9,19-22,32H,10-15,27H2,(H2,28,33)(H,29,36)(H,30,35)(H,31,34)/t19-,20?,21-,22?/m0/s1. The van der Waals surface area contributed by atoms with Crippen molar-refractivity contribution in [2.75, 3.05) is 23.0 Å². The summed E-state index contributed by atoms with van der Waals surface area (Å²) in [4.78, 5) is 51.4. The van der Waals surface area contributed by atoms with Crippen molar-refractivity contribution in [3.63, 3.8) is 0 Å². The summed E-state index contributed by atoms with van der Waals surface area (Å²) < 4.78 is 0. The molecular weight excluding hydrogens is 526 g/mol. The number of hydrogen-bond donors (Lipinski definition) is 6. The molecule has 0 bridgehead atoms. The van der Waals surface area contributed by atoms with Crippen LogP contribution >= 0.6 is 23.5 Å². The molecule has 4 amide bonds. The lowest BCUT2D eigenvalue weighted by atomic mass is 10.0. The third-order valence-electron chi connectivity index (χ3n) is 5.88. The molecule has 0 saturated carbocycles. The zero-order chi connectivity index (χ0) is 27.5. The van der Waals surface area contributed by atoms with Crippen LogP contribution in [0.2, 0.25) is 0 Å². The Bertz CT molecular complexity index is 1100. The van der Waals surface area contributed by atoms with Gasteiger partial charge in [-0.2, -0.15) is 23.5 Å². The molecule has 1 saturated heterocycles. The third-order valence-corrected chi connectivity index (χ3v) is 8.26. The highest BCUT2D eigenvalue weighted by atomic mass is 32.2. The van der Waals surface area contributed by atoms with E-state index in [0.717, 1.165) is 11.1 Å². The van der Waals surface area contributed by atoms with Gasteiger partial charge in [0.05, 0.1) is 6.04 Å². The van der Waals surface area contributed by atoms with Crippen molar-refractivity contribution in [2.24, 2.45) is 11.5 Å². The molecule has 0 radical (unpaired) electrons. The summed E-state index contributed by atoms with van der Waals surface area (Å²) in [7, 11) is 0. The Balaban J connectivity index is 1.75. The van der Waals surface area contributed by atoms with Crippen LogP contribution < -0.4 is 27.4 Å². The smallest absolute Gasteiger partial charge is 0.244 e. The van der Waals surface area contributed by atoms with Crippen molar-refractivity contribution in [1.82, 2.24) is 16.0 Å². The summed E-state index contributed by atoms with van der Waals surface area (Å²) in [5, 5.41) is 17.6. The molecule has 8 N–H and O–H groups in total. The van der Waals surface area contributed by atoms with Crippen molar-refractivity contribution in [2.45, 2.75) is 37.0 Å². The molecule has 204 valence electrons. The quantitative estimate of drug-likeness (QED) is 0.273. The first-order valence-electron chi connectivity index (χ1n) is 12.2. The molecular formula is C26H33N5O5S2. The van der Waals surface area contributed by atoms with Crippen molar-refractivity contribution in [3.8, 4) is 5.75 Å². The van der Waals surface area contributed by atoms with Gasteiger partial charge in [-0.25, -0.2) is 0 Å². The monoisotopic (exact) mass is 559 g/mol. The maximum Gasteiger partial charge on any atom is 0.244 e. The average Bonchev–Trinajstić information content (AvgIpc) is 2.90. The number of nitrogens with two attached hydrogens (primary N) is 2. The molecule has 0 aromatic heterocycles. The number of hydrogen-bond acceptors (Lipinski definition) is 8. The fraction of sp³-hybridized carbons (Fsp3) is 0.385. The van der Waals surface area contributed by atoms with Crippen LogP contribution in [0, 0.1) is 0 Å². The number of carbonyl (C=O) groups is 4. The minimum Gasteiger partial charge on any atom is -0.508 e. The van der Waals surface area contributed by atoms with E-state index in [1.165, 1.54) is 35.7 Å². The second-order valence-electron chi connectivity index (χ2n) is 8.90. The molecule has 1 aliphatic heterocycles. The van der Waals surface area contributed by atoms with Crippen LogP contribution in [0.3, 0.4) is 0 Å². The number of nitrogens with one attached hydrogen (secondary N) is 3. The zero-order valence-electron chi connectivity index (χ0n) is 20.8. The van der Waals surface area contributed by atoms with Gasteiger partial charge in [0.15, 0.2) is 0 Å². The van der Waals surface area contributed by atoms with Gasteiger partial charge >= 0.3 is 0 Å². The summed E-state index contributed by atoms with van der Waals surface area (Å²) in [5.74, 6) is -0.172. The van der Waals surface area contributed by atoms with Crippen LogP contribution in [0.5, 0.6) is 5.75 Å². The van der Waals surface area contributed by atoms with E-state index in [0.29, 0.717) is 17.3 Å². The minimum atomic E-state index is -0.993. The number of phenolic OH excluding ortho intramolecular Hbond substituents is 1. The van der Waals surface area contributed by atoms with E-state index in [1.807, 2.05) is 30.3 Å². The van der Waals surface area contributed by atoms with Gasteiger partial charge in [-0.05, 0) is 29.7 Å². The molecule has 1 heterocycles. The van der Waals surface area contributed by atoms with Gasteiger partial charge in [0.25, 0.3) is 0 Å². The average molecular weight is 560 g/mol. The second-order valence-corrected chi connectivity index (χ2v) is 11.2. The van der Waals surface area contributed by atoms with E-state index in [-0.39, 0.29) is 24.3 Å². The Kier molecular flexibility index (Phi) is 11.3. The highest BCUT2D eigenvalue weighted by Crippen LogP contribution is 2.14. The van der Waals surface area contributed by atoms with Crippen LogP contribution in [-0.4, -0.2) is 75.9 Å². The SMILES string of the molecule is NC(=O)[C@@H]1CSCCSCC(NC(=O)[C@@H](N)Cc2ccc(O)cc2)C(=O)NC(Cc2ccccc2)C(=O)N1. The van der Waals surface area contributed by atoms with E-state index in [2.05, 4.69) is 16.0 Å². The largest absolute Gasteiger partial charge is 0.508 e. The van der Waals surface area contributed by atoms with Gasteiger partial charge in [-0.15, -0.1) is 0 Å². The molecule has 2 aromatic carbocycles. The maximum absolute atomic E-state index is 13.3. The lowest BCUT2D eigenvalue weighted by Gasteiger charge is -2.25. The number of benzene rings is 2. The van der Waals surface area contributed by atoms with Crippen molar-refractivity contribution >= 4 is 47.2 Å². The molecule has 1 fully saturated rings. The summed E-state index contributed by atoms with van der Waals surface area (Å²) in [6.45, 7) is 0. The summed E-state index contributed by atoms with van der Waals surface area (Å²) >= 11 is 2.95. The lowest BCUT2D eigenvalue weighted by Crippen LogP contribution is -2.59. The van der Waals surface area contributed by atoms with Crippen molar-refractivity contribution in [1.29, 1.82) is 0 Å². The summed E-state index contributed by atoms with van der Waals surface area (Å²) in [6, 6.07) is 11.8. The number of primary amides is 1. The zero-order valence-corrected chi connectivity index (χ0v) is 22.4. The highest BCUT2D eigenvalue weighted by molar-refractivity contribution is 8.03. The van der Waals surface area contributed by atoms with Gasteiger partial charge in [0, 0.05) is 29.4 Å². The van der Waals surface area contributed by atoms with Crippen molar-refractivity contribution < 1.29 is 24.3 Å². The molecule has 38 heavy (non-hydrogen) atoms. The van der Waals surface area contributed by atoms with E-state index >= 15 is 0 Å². The van der Waals surface area contributed by atoms with Gasteiger partial charge in [-0.1, -0.05) is 42.5 Å². The first-order valence-corrected chi connectivity index (χ1v) is 14.5. The fourth-order valence-electron chi connectivity index (χ4n) is 3.76. The lowest BCUT2D eigenvalue weighted by molar-refractivity contribution is -0.133. The van der Waals surface area contributed by atoms with E-state index < -0.39 is 47.8 Å². The first kappa shape index (κ1) is 29.3. The molecule has 12 heteroatoms. The predicted molar refractivity (Wildman–Crippen MR) is 150 cm³/mol. The molecule has 2 unspecified atom stereocenters. The van der Waals surface area contributed by atoms with Crippen LogP contribution in [0.15, 0.2) is 54.6 Å². The Morgan fingerprint density at radius 2 is 1.61 bits per heavy atom. The number of phenols is 1. The number of carbonyl (C=O) groups excluding carboxylic acids is 4. The molecule has 1 aliphatic rings. The number of amides is 4. The Morgan fingerprint density at radius 1 is 0.947 bits per heavy atom. The van der Waals surface area contributed by atoms with Crippen molar-refractivity contribution in [3.05, 3.63) is 65.7 Å². The normalized spacial score (nSPS) is 22.0. The van der Waals surface area contributed by atoms with E-state index in [1.54, 1.807) is 12.1 Å². The fourth-order valence-corrected chi connectivity index (χ4v) is 5.99. The Morgan fingerprint density at radius 3 is 2.26 bits per heavy atom. The Hall–Kier alpha value is -3.22. The number of thioether (sulfide) groups is 2. The first-order chi connectivity index (χ1) is 18.2. The predicted octanol–water partition coefficient (Wildman–Crippen LogP) is -0.0756. The number of rotatable bonds is 7. The molecule has 0 aliphatic carbocycles. The van der Waals surface area contributed by atoms with Crippen LogP contribution in [-0.2, 0) is 32.0 Å². The molecule has 2 aromatic rings. The van der Waals surface area contributed by atoms with E-state index in [9.17, 15) is 24.3 Å². The molecule has 3 rings (SSSR count). The minimum absolute atomic E-state index is 0.110. The highest BCUT2D eigenvalue weighted by Gasteiger charge is 2.30. The molecule has 10 nitrogen and oxygen atoms in total. The van der Waals surface area contributed by atoms with Gasteiger partial charge in [0.1, 0.15) is 23.9 Å². The van der Waals surface area contributed by atoms with Crippen LogP contribution in [0.4, 0.5) is 0 Å². The molecule has 4 atom stereocenters. The Labute approximate surface area is 230 Å². The molecule has 0 spiro atoms. The summed E-state index contributed by atoms with van der Waals surface area (Å²) in [6.07, 6.45) is 0.406. The second kappa shape index (κ2) is 14.6.